The van der Waals surface area contributed by atoms with Crippen LogP contribution < -0.4 is 4.74 Å². The molecule has 0 unspecified atom stereocenters. The van der Waals surface area contributed by atoms with Crippen molar-refractivity contribution in [1.82, 2.24) is 9.80 Å². The zero-order valence-corrected chi connectivity index (χ0v) is 23.9. The van der Waals surface area contributed by atoms with Gasteiger partial charge in [0.25, 0.3) is 0 Å². The molecule has 1 saturated heterocycles. The van der Waals surface area contributed by atoms with E-state index in [1.54, 1.807) is 11.0 Å². The van der Waals surface area contributed by atoms with Gasteiger partial charge in [-0.15, -0.1) is 0 Å². The number of amides is 1. The van der Waals surface area contributed by atoms with Gasteiger partial charge in [0.1, 0.15) is 6.10 Å². The molecule has 5 aliphatic rings. The molecule has 1 spiro atoms. The van der Waals surface area contributed by atoms with E-state index in [0.717, 1.165) is 36.3 Å². The lowest BCUT2D eigenvalue weighted by molar-refractivity contribution is -0.202. The number of benzene rings is 2. The van der Waals surface area contributed by atoms with Gasteiger partial charge < -0.3 is 19.8 Å². The van der Waals surface area contributed by atoms with Crippen LogP contribution in [0.1, 0.15) is 68.2 Å². The van der Waals surface area contributed by atoms with Crippen molar-refractivity contribution in [3.63, 3.8) is 0 Å². The molecule has 2 heterocycles. The van der Waals surface area contributed by atoms with Crippen LogP contribution in [0.3, 0.4) is 0 Å². The van der Waals surface area contributed by atoms with E-state index in [0.29, 0.717) is 37.4 Å². The third-order valence-electron chi connectivity index (χ3n) is 10.5. The number of carbonyl (C=O) groups is 1. The van der Waals surface area contributed by atoms with Crippen molar-refractivity contribution < 1.29 is 32.9 Å². The maximum absolute atomic E-state index is 13.8. The Morgan fingerprint density at radius 2 is 1.98 bits per heavy atom. The van der Waals surface area contributed by atoms with Crippen LogP contribution in [0.15, 0.2) is 42.5 Å². The van der Waals surface area contributed by atoms with Gasteiger partial charge in [0.2, 0.25) is 5.91 Å². The Bertz CT molecular complexity index is 1450. The number of phenolic OH excluding ortho intramolecular Hbond substituents is 1. The molecule has 2 aromatic rings. The van der Waals surface area contributed by atoms with Gasteiger partial charge in [0, 0.05) is 30.3 Å². The summed E-state index contributed by atoms with van der Waals surface area (Å²) in [6, 6.07) is 7.85. The van der Waals surface area contributed by atoms with Crippen LogP contribution in [0, 0.1) is 5.92 Å². The molecule has 2 aliphatic heterocycles. The number of piperidine rings is 1. The second kappa shape index (κ2) is 9.48. The maximum atomic E-state index is 13.8. The highest BCUT2D eigenvalue weighted by Gasteiger charge is 2.73. The van der Waals surface area contributed by atoms with Crippen molar-refractivity contribution in [3.05, 3.63) is 64.7 Å². The van der Waals surface area contributed by atoms with Crippen LogP contribution in [0.2, 0.25) is 0 Å². The predicted molar refractivity (Wildman–Crippen MR) is 151 cm³/mol. The summed E-state index contributed by atoms with van der Waals surface area (Å²) in [6.45, 7) is 5.63. The number of rotatable bonds is 6. The van der Waals surface area contributed by atoms with E-state index in [9.17, 15) is 28.2 Å². The van der Waals surface area contributed by atoms with Crippen LogP contribution in [0.4, 0.5) is 13.2 Å². The van der Waals surface area contributed by atoms with Crippen LogP contribution in [0.25, 0.3) is 6.08 Å². The Morgan fingerprint density at radius 1 is 1.19 bits per heavy atom. The first-order valence-corrected chi connectivity index (χ1v) is 15.1. The fourth-order valence-electron chi connectivity index (χ4n) is 8.61. The van der Waals surface area contributed by atoms with Crippen molar-refractivity contribution in [2.75, 3.05) is 13.1 Å². The molecule has 2 saturated carbocycles. The lowest BCUT2D eigenvalue weighted by Gasteiger charge is -2.65. The minimum atomic E-state index is -4.47. The molecule has 7 rings (SSSR count). The number of hydrogen-bond acceptors (Lipinski definition) is 5. The highest BCUT2D eigenvalue weighted by atomic mass is 19.4. The normalized spacial score (nSPS) is 31.7. The Balaban J connectivity index is 1.25. The van der Waals surface area contributed by atoms with Crippen molar-refractivity contribution in [2.45, 2.75) is 93.8 Å². The molecule has 0 aromatic heterocycles. The second-order valence-electron chi connectivity index (χ2n) is 13.2. The van der Waals surface area contributed by atoms with E-state index < -0.39 is 34.9 Å². The smallest absolute Gasteiger partial charge is 0.416 e. The minimum Gasteiger partial charge on any atom is -0.504 e. The van der Waals surface area contributed by atoms with Crippen LogP contribution in [-0.2, 0) is 22.8 Å². The first-order chi connectivity index (χ1) is 19.9. The van der Waals surface area contributed by atoms with Crippen LogP contribution in [-0.4, -0.2) is 68.8 Å². The number of aliphatic hydroxyl groups is 1. The summed E-state index contributed by atoms with van der Waals surface area (Å²) in [4.78, 5) is 18.0. The average Bonchev–Trinajstić information content (AvgIpc) is 3.68. The quantitative estimate of drug-likeness (QED) is 0.453. The molecule has 224 valence electrons. The summed E-state index contributed by atoms with van der Waals surface area (Å²) < 4.78 is 46.4. The molecular weight excluding hydrogens is 545 g/mol. The molecule has 2 aromatic carbocycles. The topological polar surface area (TPSA) is 73.2 Å². The monoisotopic (exact) mass is 582 g/mol. The Labute approximate surface area is 243 Å². The predicted octanol–water partition coefficient (Wildman–Crippen LogP) is 5.29. The highest BCUT2D eigenvalue weighted by Crippen LogP contribution is 2.66. The van der Waals surface area contributed by atoms with Gasteiger partial charge in [-0.25, -0.2) is 0 Å². The van der Waals surface area contributed by atoms with E-state index in [2.05, 4.69) is 4.90 Å². The fraction of sp³-hybridized carbons (Fsp3) is 0.545. The first kappa shape index (κ1) is 27.8. The van der Waals surface area contributed by atoms with E-state index in [1.165, 1.54) is 37.1 Å². The molecule has 6 nitrogen and oxygen atoms in total. The maximum Gasteiger partial charge on any atom is 0.416 e. The number of likely N-dealkylation sites (tertiary alicyclic amines) is 1. The Morgan fingerprint density at radius 3 is 2.69 bits per heavy atom. The summed E-state index contributed by atoms with van der Waals surface area (Å²) in [6.07, 6.45) is 2.56. The van der Waals surface area contributed by atoms with Crippen molar-refractivity contribution >= 4 is 12.0 Å². The average molecular weight is 583 g/mol. The van der Waals surface area contributed by atoms with E-state index in [-0.39, 0.29) is 29.3 Å². The number of alkyl halides is 3. The molecule has 3 aliphatic carbocycles. The summed E-state index contributed by atoms with van der Waals surface area (Å²) in [5, 5.41) is 23.6. The largest absolute Gasteiger partial charge is 0.504 e. The molecule has 3 fully saturated rings. The standard InChI is InChI=1S/C33H37F3N2O4/c1-19(2)38(27(40)11-8-20-4-3-5-23(16-20)33(34,35)36)24-12-13-32(41)26-17-22-9-10-25(39)29-28(22)31(32,30(24)42-29)14-15-37(26)18-21-6-7-21/h3-5,8-11,16,19,21,24,26,30,39,41H,6-7,12-15,17-18H2,1-2H3/t24-,26-,30+,31+,32-/m1/s1. The zero-order valence-electron chi connectivity index (χ0n) is 23.9. The lowest BCUT2D eigenvalue weighted by Crippen LogP contribution is -2.78. The van der Waals surface area contributed by atoms with Crippen molar-refractivity contribution in [1.29, 1.82) is 0 Å². The lowest BCUT2D eigenvalue weighted by atomic mass is 9.48. The van der Waals surface area contributed by atoms with Gasteiger partial charge in [-0.05, 0) is 100 Å². The van der Waals surface area contributed by atoms with Gasteiger partial charge in [0.15, 0.2) is 11.5 Å². The van der Waals surface area contributed by atoms with E-state index in [4.69, 9.17) is 4.74 Å². The molecule has 1 amide bonds. The second-order valence-corrected chi connectivity index (χ2v) is 13.2. The molecule has 2 N–H and O–H groups in total. The van der Waals surface area contributed by atoms with E-state index >= 15 is 0 Å². The molecular formula is C33H37F3N2O4. The molecule has 9 heteroatoms. The molecule has 5 atom stereocenters. The fourth-order valence-corrected chi connectivity index (χ4v) is 8.61. The van der Waals surface area contributed by atoms with Gasteiger partial charge in [-0.3, -0.25) is 9.69 Å². The highest BCUT2D eigenvalue weighted by molar-refractivity contribution is 5.92. The summed E-state index contributed by atoms with van der Waals surface area (Å²) in [5.41, 5.74) is -0.314. The number of carbonyl (C=O) groups excluding carboxylic acids is 1. The number of ether oxygens (including phenoxy) is 1. The third-order valence-corrected chi connectivity index (χ3v) is 10.5. The van der Waals surface area contributed by atoms with Crippen LogP contribution >= 0.6 is 0 Å². The Hall–Kier alpha value is -3.04. The van der Waals surface area contributed by atoms with Crippen molar-refractivity contribution in [2.24, 2.45) is 5.92 Å². The third kappa shape index (κ3) is 4.03. The number of nitrogens with zero attached hydrogens (tertiary/aromatic N) is 2. The SMILES string of the molecule is CC(C)N(C(=O)C=Cc1cccc(C(F)(F)F)c1)[C@@H]1CC[C@@]2(O)[C@H]3Cc4ccc(O)c5c4[C@@]2(CCN3CC2CC2)[C@H]1O5. The first-order valence-electron chi connectivity index (χ1n) is 15.1. The summed E-state index contributed by atoms with van der Waals surface area (Å²) >= 11 is 0. The minimum absolute atomic E-state index is 0.0457. The molecule has 0 radical (unpaired) electrons. The van der Waals surface area contributed by atoms with Gasteiger partial charge in [0.05, 0.1) is 22.6 Å². The van der Waals surface area contributed by atoms with Gasteiger partial charge >= 0.3 is 6.18 Å². The summed E-state index contributed by atoms with van der Waals surface area (Å²) in [7, 11) is 0. The Kier molecular flexibility index (Phi) is 6.27. The van der Waals surface area contributed by atoms with Crippen molar-refractivity contribution in [3.8, 4) is 11.5 Å². The van der Waals surface area contributed by atoms with Crippen LogP contribution in [0.5, 0.6) is 11.5 Å². The number of aromatic hydroxyl groups is 1. The summed E-state index contributed by atoms with van der Waals surface area (Å²) in [5.74, 6) is 0.831. The van der Waals surface area contributed by atoms with Gasteiger partial charge in [-0.2, -0.15) is 13.2 Å². The van der Waals surface area contributed by atoms with Gasteiger partial charge in [-0.1, -0.05) is 18.2 Å². The number of halogens is 3. The number of phenols is 1. The zero-order chi connectivity index (χ0) is 29.6. The number of hydrogen-bond donors (Lipinski definition) is 2. The molecule has 2 bridgehead atoms. The molecule has 42 heavy (non-hydrogen) atoms. The van der Waals surface area contributed by atoms with E-state index in [1.807, 2.05) is 19.9 Å².